The highest BCUT2D eigenvalue weighted by Gasteiger charge is 2.35. The second-order valence-corrected chi connectivity index (χ2v) is 24.5. The van der Waals surface area contributed by atoms with Gasteiger partial charge in [-0.15, -0.1) is 0 Å². The molecule has 0 bridgehead atoms. The molecule has 8 aliphatic rings. The van der Waals surface area contributed by atoms with Crippen molar-refractivity contribution in [1.82, 2.24) is 0 Å². The molecule has 446 valence electrons. The lowest BCUT2D eigenvalue weighted by atomic mass is 9.72. The highest BCUT2D eigenvalue weighted by molar-refractivity contribution is 4.86. The highest BCUT2D eigenvalue weighted by Crippen LogP contribution is 2.47. The molecule has 0 amide bonds. The highest BCUT2D eigenvalue weighted by atomic mass is 14.4. The van der Waals surface area contributed by atoms with E-state index in [2.05, 4.69) is 27.7 Å². The fourth-order valence-electron chi connectivity index (χ4n) is 13.1. The van der Waals surface area contributed by atoms with Crippen molar-refractivity contribution in [2.75, 3.05) is 0 Å². The average Bonchev–Trinajstić information content (AvgIpc) is 4.18. The third-order valence-corrected chi connectivity index (χ3v) is 17.9. The summed E-state index contributed by atoms with van der Waals surface area (Å²) >= 11 is 0. The van der Waals surface area contributed by atoms with Gasteiger partial charge in [-0.2, -0.15) is 0 Å². The number of rotatable bonds is 2. The van der Waals surface area contributed by atoms with E-state index in [9.17, 15) is 0 Å². The molecule has 0 aromatic rings. The van der Waals surface area contributed by atoms with Gasteiger partial charge in [-0.1, -0.05) is 406 Å². The van der Waals surface area contributed by atoms with Gasteiger partial charge in [-0.3, -0.25) is 0 Å². The van der Waals surface area contributed by atoms with Gasteiger partial charge in [0.05, 0.1) is 0 Å². The van der Waals surface area contributed by atoms with Crippen LogP contribution in [0.4, 0.5) is 0 Å². The van der Waals surface area contributed by atoms with Crippen molar-refractivity contribution < 1.29 is 0 Å². The summed E-state index contributed by atoms with van der Waals surface area (Å²) in [6.45, 7) is 25.7. The van der Waals surface area contributed by atoms with Crippen LogP contribution in [0.25, 0.3) is 0 Å². The lowest BCUT2D eigenvalue weighted by Gasteiger charge is -2.34. The largest absolute Gasteiger partial charge is 0.0776 e. The molecule has 2 unspecified atom stereocenters. The predicted molar refractivity (Wildman–Crippen MR) is 345 cm³/mol. The first-order chi connectivity index (χ1) is 35.0. The topological polar surface area (TPSA) is 0 Å². The lowest BCUT2D eigenvalue weighted by molar-refractivity contribution is 0.173. The molecule has 0 spiro atoms. The maximum atomic E-state index is 2.47. The molecule has 0 heteroatoms. The summed E-state index contributed by atoms with van der Waals surface area (Å²) in [5, 5.41) is 0. The molecule has 0 aromatic heterocycles. The van der Waals surface area contributed by atoms with Crippen molar-refractivity contribution >= 4 is 0 Å². The Labute approximate surface area is 470 Å². The molecular formula is C73H154. The molecule has 0 aliphatic heterocycles. The lowest BCUT2D eigenvalue weighted by Crippen LogP contribution is -2.22. The van der Waals surface area contributed by atoms with Gasteiger partial charge in [-0.05, 0) is 66.6 Å². The Morgan fingerprint density at radius 3 is 0.493 bits per heavy atom. The third kappa shape index (κ3) is 53.8. The average molecular weight is 1030 g/mol. The number of hydrogen-bond donors (Lipinski definition) is 0. The van der Waals surface area contributed by atoms with Crippen LogP contribution in [-0.4, -0.2) is 0 Å². The SMILES string of the molecule is C.C.C1CCCCCCC1.C1CCCCCCC1.CC.CC.CC.CC.CC1CCCC(C2CCCCCC(C3CC3)C2)CCC1.CC1CCCCCCC1.CC1CCCCCCC1.CC1CCCCCCC1. The summed E-state index contributed by atoms with van der Waals surface area (Å²) < 4.78 is 0. The van der Waals surface area contributed by atoms with Crippen molar-refractivity contribution in [2.45, 2.75) is 425 Å². The Balaban J connectivity index is -0.000000393. The van der Waals surface area contributed by atoms with Gasteiger partial charge in [0.25, 0.3) is 0 Å². The summed E-state index contributed by atoms with van der Waals surface area (Å²) in [6, 6.07) is 0. The van der Waals surface area contributed by atoms with Crippen molar-refractivity contribution in [3.05, 3.63) is 0 Å². The first kappa shape index (κ1) is 79.5. The molecule has 0 radical (unpaired) electrons. The first-order valence-electron chi connectivity index (χ1n) is 35.0. The third-order valence-electron chi connectivity index (χ3n) is 17.9. The molecule has 8 fully saturated rings. The normalized spacial score (nSPS) is 26.1. The van der Waals surface area contributed by atoms with E-state index in [0.717, 1.165) is 47.3 Å². The fourth-order valence-corrected chi connectivity index (χ4v) is 13.1. The van der Waals surface area contributed by atoms with E-state index < -0.39 is 0 Å². The molecular weight excluding hydrogens is 877 g/mol. The molecule has 0 aromatic carbocycles. The summed E-state index contributed by atoms with van der Waals surface area (Å²) in [4.78, 5) is 0. The van der Waals surface area contributed by atoms with Crippen LogP contribution in [0.15, 0.2) is 0 Å². The summed E-state index contributed by atoms with van der Waals surface area (Å²) in [6.07, 6.45) is 77.0. The van der Waals surface area contributed by atoms with Gasteiger partial charge in [0.1, 0.15) is 0 Å². The Morgan fingerprint density at radius 2 is 0.288 bits per heavy atom. The molecule has 0 saturated heterocycles. The van der Waals surface area contributed by atoms with E-state index in [1.165, 1.54) is 283 Å². The van der Waals surface area contributed by atoms with E-state index >= 15 is 0 Å². The van der Waals surface area contributed by atoms with Gasteiger partial charge < -0.3 is 0 Å². The van der Waals surface area contributed by atoms with Gasteiger partial charge in [-0.25, -0.2) is 0 Å². The van der Waals surface area contributed by atoms with E-state index in [1.807, 2.05) is 55.4 Å². The minimum atomic E-state index is 0. The monoisotopic (exact) mass is 1030 g/mol. The van der Waals surface area contributed by atoms with Crippen LogP contribution in [0.1, 0.15) is 425 Å². The van der Waals surface area contributed by atoms with Crippen molar-refractivity contribution in [1.29, 1.82) is 0 Å². The minimum absolute atomic E-state index is 0. The second-order valence-electron chi connectivity index (χ2n) is 24.5. The zero-order chi connectivity index (χ0) is 52.7. The van der Waals surface area contributed by atoms with Crippen LogP contribution < -0.4 is 0 Å². The maximum absolute atomic E-state index is 2.47. The molecule has 73 heavy (non-hydrogen) atoms. The Morgan fingerprint density at radius 1 is 0.151 bits per heavy atom. The molecule has 8 rings (SSSR count). The zero-order valence-electron chi connectivity index (χ0n) is 52.7. The van der Waals surface area contributed by atoms with E-state index in [4.69, 9.17) is 0 Å². The van der Waals surface area contributed by atoms with Gasteiger partial charge >= 0.3 is 0 Å². The van der Waals surface area contributed by atoms with Gasteiger partial charge in [0.15, 0.2) is 0 Å². The van der Waals surface area contributed by atoms with E-state index in [-0.39, 0.29) is 14.9 Å². The van der Waals surface area contributed by atoms with Crippen LogP contribution in [0.5, 0.6) is 0 Å². The smallest absolute Gasteiger partial charge is 0.0383 e. The van der Waals surface area contributed by atoms with E-state index in [1.54, 1.807) is 44.9 Å². The van der Waals surface area contributed by atoms with Crippen LogP contribution in [0, 0.1) is 47.3 Å². The second kappa shape index (κ2) is 64.5. The minimum Gasteiger partial charge on any atom is -0.0776 e. The summed E-state index contributed by atoms with van der Waals surface area (Å²) in [7, 11) is 0. The first-order valence-corrected chi connectivity index (χ1v) is 35.0. The van der Waals surface area contributed by atoms with E-state index in [0.29, 0.717) is 0 Å². The fraction of sp³-hybridized carbons (Fsp3) is 1.00. The predicted octanol–water partition coefficient (Wildman–Crippen LogP) is 28.3. The van der Waals surface area contributed by atoms with Crippen molar-refractivity contribution in [2.24, 2.45) is 47.3 Å². The van der Waals surface area contributed by atoms with Crippen LogP contribution in [-0.2, 0) is 0 Å². The quantitative estimate of drug-likeness (QED) is 0.259. The maximum Gasteiger partial charge on any atom is -0.0383 e. The molecule has 0 heterocycles. The van der Waals surface area contributed by atoms with Gasteiger partial charge in [0.2, 0.25) is 0 Å². The molecule has 0 N–H and O–H groups in total. The molecule has 2 atom stereocenters. The Bertz CT molecular complexity index is 785. The molecule has 8 aliphatic carbocycles. The summed E-state index contributed by atoms with van der Waals surface area (Å²) in [5.74, 6) is 8.55. The van der Waals surface area contributed by atoms with Crippen molar-refractivity contribution in [3.8, 4) is 0 Å². The van der Waals surface area contributed by atoms with Gasteiger partial charge in [0, 0.05) is 0 Å². The van der Waals surface area contributed by atoms with Crippen molar-refractivity contribution in [3.63, 3.8) is 0 Å². The van der Waals surface area contributed by atoms with Crippen LogP contribution in [0.3, 0.4) is 0 Å². The summed E-state index contributed by atoms with van der Waals surface area (Å²) in [5.41, 5.74) is 0. The van der Waals surface area contributed by atoms with Crippen LogP contribution >= 0.6 is 0 Å². The Hall–Kier alpha value is 0. The molecule has 8 saturated carbocycles. The van der Waals surface area contributed by atoms with Crippen LogP contribution in [0.2, 0.25) is 0 Å². The Kier molecular flexibility index (Phi) is 70.3. The molecule has 0 nitrogen and oxygen atoms in total. The number of hydrogen-bond acceptors (Lipinski definition) is 0. The standard InChI is InChI=1S/C20H36.3C9H18.2C8H16.4C2H6.2CH4/c1-16-7-5-11-17(12-6-8-16)19-9-3-2-4-10-20(15-19)18-13-14-18;3*1-9-7-5-3-2-4-6-8-9;2*1-2-4-6-8-7-5-3-1;4*1-2;;/h16-20H,2-15H2,1H3;3*9H,2-8H2,1H3;2*1-8H2;4*1-2H3;2*1H4. The zero-order valence-corrected chi connectivity index (χ0v) is 52.7.